The first-order valence-electron chi connectivity index (χ1n) is 17.7. The normalized spacial score (nSPS) is 24.3. The van der Waals surface area contributed by atoms with Gasteiger partial charge in [-0.1, -0.05) is 64.2 Å². The van der Waals surface area contributed by atoms with E-state index < -0.39 is 0 Å². The molecule has 264 valence electrons. The van der Waals surface area contributed by atoms with Gasteiger partial charge in [0.2, 0.25) is 0 Å². The summed E-state index contributed by atoms with van der Waals surface area (Å²) in [5.41, 5.74) is 9.82. The first kappa shape index (κ1) is 41.1. The van der Waals surface area contributed by atoms with Crippen molar-refractivity contribution in [1.82, 2.24) is 15.1 Å². The lowest BCUT2D eigenvalue weighted by molar-refractivity contribution is 0.417. The minimum absolute atomic E-state index is 0. The maximum atomic E-state index is 11.2. The molecule has 4 N–H and O–H groups in total. The van der Waals surface area contributed by atoms with Crippen LogP contribution in [-0.4, -0.2) is 98.9 Å². The van der Waals surface area contributed by atoms with Crippen molar-refractivity contribution in [3.63, 3.8) is 0 Å². The second-order valence-corrected chi connectivity index (χ2v) is 13.1. The molecule has 0 aromatic heterocycles. The van der Waals surface area contributed by atoms with Gasteiger partial charge < -0.3 is 20.9 Å². The number of benzene rings is 1. The molecule has 2 aliphatic heterocycles. The van der Waals surface area contributed by atoms with Crippen molar-refractivity contribution in [2.24, 2.45) is 21.6 Å². The number of aromatic hydroxyl groups is 1. The van der Waals surface area contributed by atoms with E-state index in [9.17, 15) is 5.11 Å². The summed E-state index contributed by atoms with van der Waals surface area (Å²) in [7, 11) is 7.79. The Bertz CT molecular complexity index is 1190. The van der Waals surface area contributed by atoms with Gasteiger partial charge in [0, 0.05) is 65.2 Å². The van der Waals surface area contributed by atoms with Crippen molar-refractivity contribution in [1.29, 1.82) is 0 Å². The average molecular weight is 693 g/mol. The highest BCUT2D eigenvalue weighted by molar-refractivity contribution is 6.95. The number of ether oxygens (including phenoxy) is 1. The maximum absolute atomic E-state index is 11.2. The third-order valence-corrected chi connectivity index (χ3v) is 9.11. The zero-order valence-electron chi connectivity index (χ0n) is 31.0. The van der Waals surface area contributed by atoms with E-state index in [1.54, 1.807) is 7.05 Å². The molecule has 1 aromatic rings. The Labute approximate surface area is 298 Å². The first-order chi connectivity index (χ1) is 22.9. The number of hydrogen-bond acceptors (Lipinski definition) is 7. The van der Waals surface area contributed by atoms with Crippen LogP contribution >= 0.6 is 23.2 Å². The number of nitrogens with two attached hydrogens (primary N) is 1. The fourth-order valence-electron chi connectivity index (χ4n) is 5.83. The Morgan fingerprint density at radius 3 is 2.23 bits per heavy atom. The second-order valence-electron chi connectivity index (χ2n) is 12.2. The molecule has 11 heteroatoms. The molecule has 47 heavy (non-hydrogen) atoms. The van der Waals surface area contributed by atoms with Gasteiger partial charge >= 0.3 is 0 Å². The molecule has 1 aliphatic carbocycles. The standard InChI is InChI=1S/C28H43N3O2.C5H12N2.C2H3Cl2N.CH3B/c1-7-9-10-11-21-15-25(32)27(24-14-20(5)12-13-23(24)19(3)4)26(16-21)33-28(29-6)30-17-22-18-31(22)8-2;1-2-7-4-5(7)3-6;1-5-2(3)4;1-2/h14-16,22-24,32H,3,7-13,17-18H2,1-2,4-6H3,(H,29,30);5H,2-4,6H2,1H3;1H3;1H3/t22?,23-,24+,31?;;;/m0.../s1/i;;;1D. The van der Waals surface area contributed by atoms with Gasteiger partial charge in [-0.15, -0.1) is 0 Å². The van der Waals surface area contributed by atoms with Gasteiger partial charge in [0.05, 0.1) is 7.85 Å². The first-order valence-corrected chi connectivity index (χ1v) is 17.7. The van der Waals surface area contributed by atoms with Crippen molar-refractivity contribution < 1.29 is 11.2 Å². The molecule has 1 aromatic carbocycles. The highest BCUT2D eigenvalue weighted by Gasteiger charge is 2.33. The number of amidine groups is 1. The van der Waals surface area contributed by atoms with Crippen LogP contribution in [0.5, 0.6) is 11.5 Å². The SMILES string of the molecule is C=C(C)[C@@H]1CCC(C)=C[C@H]1c1c(O)cc(CCCCC)cc1OC(=NC)NCC1CN1CC.CCN1CC1CN.CN=C(Cl)Cl.[2H]C[B]. The zero-order valence-corrected chi connectivity index (χ0v) is 31.5. The molecule has 2 saturated heterocycles. The number of aliphatic imine (C=N–C) groups is 2. The predicted octanol–water partition coefficient (Wildman–Crippen LogP) is 7.10. The molecule has 4 rings (SSSR count). The van der Waals surface area contributed by atoms with E-state index >= 15 is 0 Å². The number of unbranched alkanes of at least 4 members (excludes halogenated alkanes) is 2. The van der Waals surface area contributed by atoms with Crippen LogP contribution in [0.4, 0.5) is 0 Å². The number of nitrogens with one attached hydrogen (secondary N) is 1. The van der Waals surface area contributed by atoms with E-state index in [4.69, 9.17) is 35.0 Å². The third-order valence-electron chi connectivity index (χ3n) is 8.77. The molecule has 6 atom stereocenters. The van der Waals surface area contributed by atoms with Gasteiger partial charge in [-0.3, -0.25) is 14.8 Å². The van der Waals surface area contributed by atoms with Gasteiger partial charge in [0.1, 0.15) is 11.5 Å². The summed E-state index contributed by atoms with van der Waals surface area (Å²) in [6.07, 6.45) is 8.79. The van der Waals surface area contributed by atoms with Crippen LogP contribution in [0.2, 0.25) is 6.80 Å². The minimum Gasteiger partial charge on any atom is -0.507 e. The van der Waals surface area contributed by atoms with Crippen molar-refractivity contribution >= 4 is 41.7 Å². The highest BCUT2D eigenvalue weighted by atomic mass is 35.5. The van der Waals surface area contributed by atoms with Crippen LogP contribution < -0.4 is 15.8 Å². The number of halogens is 2. The van der Waals surface area contributed by atoms with E-state index in [-0.39, 0.29) is 23.3 Å². The van der Waals surface area contributed by atoms with E-state index in [1.165, 1.54) is 38.6 Å². The Balaban J connectivity index is 0.000000634. The van der Waals surface area contributed by atoms with Crippen LogP contribution in [0.1, 0.15) is 85.1 Å². The van der Waals surface area contributed by atoms with Crippen molar-refractivity contribution in [3.8, 4) is 11.5 Å². The summed E-state index contributed by atoms with van der Waals surface area (Å²) in [6.45, 7) is 21.3. The molecule has 0 bridgehead atoms. The summed E-state index contributed by atoms with van der Waals surface area (Å²) in [5, 5.41) is 14.6. The third kappa shape index (κ3) is 15.4. The Hall–Kier alpha value is -2.04. The summed E-state index contributed by atoms with van der Waals surface area (Å²) in [5.74, 6) is 1.36. The number of allylic oxidation sites excluding steroid dienone is 3. The van der Waals surface area contributed by atoms with Crippen LogP contribution in [0.3, 0.4) is 0 Å². The van der Waals surface area contributed by atoms with Gasteiger partial charge in [-0.25, -0.2) is 4.99 Å². The van der Waals surface area contributed by atoms with Gasteiger partial charge in [-0.05, 0) is 99.4 Å². The number of aryl methyl sites for hydroxylation is 1. The van der Waals surface area contributed by atoms with Crippen molar-refractivity contribution in [3.05, 3.63) is 47.1 Å². The molecule has 2 heterocycles. The summed E-state index contributed by atoms with van der Waals surface area (Å²) in [6, 6.07) is 5.82. The van der Waals surface area contributed by atoms with Crippen LogP contribution in [0.15, 0.2) is 45.9 Å². The number of rotatable bonds is 12. The molecular weight excluding hydrogens is 630 g/mol. The fourth-order valence-corrected chi connectivity index (χ4v) is 5.83. The molecular formula is C36H61BCl2N6O2. The molecule has 2 radical (unpaired) electrons. The molecule has 0 saturated carbocycles. The average Bonchev–Trinajstić information content (AvgIpc) is 3.99. The van der Waals surface area contributed by atoms with Crippen LogP contribution in [-0.2, 0) is 6.42 Å². The molecule has 0 amide bonds. The minimum atomic E-state index is 0. The largest absolute Gasteiger partial charge is 0.507 e. The lowest BCUT2D eigenvalue weighted by atomic mass is 9.73. The maximum Gasteiger partial charge on any atom is 0.289 e. The molecule has 4 unspecified atom stereocenters. The Morgan fingerprint density at radius 1 is 1.15 bits per heavy atom. The quantitative estimate of drug-likeness (QED) is 0.0540. The lowest BCUT2D eigenvalue weighted by Gasteiger charge is -2.32. The van der Waals surface area contributed by atoms with E-state index in [0.29, 0.717) is 23.6 Å². The summed E-state index contributed by atoms with van der Waals surface area (Å²) in [4.78, 5) is 12.5. The molecule has 3 aliphatic rings. The fraction of sp³-hybridized carbons (Fsp3) is 0.667. The van der Waals surface area contributed by atoms with E-state index in [0.717, 1.165) is 74.6 Å². The topological polar surface area (TPSA) is 98.2 Å². The van der Waals surface area contributed by atoms with Crippen molar-refractivity contribution in [2.75, 3.05) is 53.4 Å². The molecule has 8 nitrogen and oxygen atoms in total. The zero-order chi connectivity index (χ0) is 36.2. The van der Waals surface area contributed by atoms with Gasteiger partial charge in [0.15, 0.2) is 4.63 Å². The number of phenolic OH excluding ortho intramolecular Hbond substituents is 1. The number of phenols is 1. The molecule has 2 fully saturated rings. The highest BCUT2D eigenvalue weighted by Crippen LogP contribution is 2.47. The van der Waals surface area contributed by atoms with E-state index in [1.807, 2.05) is 6.07 Å². The Morgan fingerprint density at radius 2 is 1.77 bits per heavy atom. The van der Waals surface area contributed by atoms with Gasteiger partial charge in [0.25, 0.3) is 6.02 Å². The smallest absolute Gasteiger partial charge is 0.289 e. The number of nitrogens with zero attached hydrogens (tertiary/aromatic N) is 4. The van der Waals surface area contributed by atoms with Crippen LogP contribution in [0.25, 0.3) is 0 Å². The predicted molar refractivity (Wildman–Crippen MR) is 205 cm³/mol. The number of hydrogen-bond donors (Lipinski definition) is 3. The summed E-state index contributed by atoms with van der Waals surface area (Å²) >= 11 is 9.96. The second kappa shape index (κ2) is 23.3. The van der Waals surface area contributed by atoms with E-state index in [2.05, 4.69) is 86.3 Å². The lowest BCUT2D eigenvalue weighted by Crippen LogP contribution is -2.33. The van der Waals surface area contributed by atoms with Crippen molar-refractivity contribution in [2.45, 2.75) is 97.9 Å². The summed E-state index contributed by atoms with van der Waals surface area (Å²) < 4.78 is 12.4. The monoisotopic (exact) mass is 691 g/mol. The molecule has 0 spiro atoms. The number of likely N-dealkylation sites (N-methyl/N-ethyl adjacent to an activating group) is 2. The van der Waals surface area contributed by atoms with Crippen LogP contribution in [0, 0.1) is 5.92 Å². The van der Waals surface area contributed by atoms with Gasteiger partial charge in [-0.2, -0.15) is 0 Å². The Kier molecular flexibility index (Phi) is 20.4.